The van der Waals surface area contributed by atoms with Gasteiger partial charge in [0.15, 0.2) is 6.23 Å². The molecule has 16 heavy (non-hydrogen) atoms. The maximum absolute atomic E-state index is 11.4. The zero-order valence-electron chi connectivity index (χ0n) is 9.12. The number of aliphatic hydroxyl groups excluding tert-OH is 2. The lowest BCUT2D eigenvalue weighted by Crippen LogP contribution is -2.58. The van der Waals surface area contributed by atoms with Crippen LogP contribution in [0.4, 0.5) is 4.79 Å². The lowest BCUT2D eigenvalue weighted by atomic mass is 9.99. The van der Waals surface area contributed by atoms with Gasteiger partial charge in [-0.15, -0.1) is 0 Å². The third-order valence-corrected chi connectivity index (χ3v) is 2.56. The summed E-state index contributed by atoms with van der Waals surface area (Å²) in [4.78, 5) is 23.6. The summed E-state index contributed by atoms with van der Waals surface area (Å²) in [6.07, 6.45) is -2.97. The predicted molar refractivity (Wildman–Crippen MR) is 51.3 cm³/mol. The summed E-state index contributed by atoms with van der Waals surface area (Å²) < 4.78 is 8.96. The molecule has 1 aliphatic rings. The van der Waals surface area contributed by atoms with Crippen molar-refractivity contribution in [3.63, 3.8) is 0 Å². The van der Waals surface area contributed by atoms with Crippen molar-refractivity contribution in [2.75, 3.05) is 14.2 Å². The Morgan fingerprint density at radius 2 is 1.81 bits per heavy atom. The van der Waals surface area contributed by atoms with Gasteiger partial charge < -0.3 is 19.7 Å². The summed E-state index contributed by atoms with van der Waals surface area (Å²) in [5.74, 6) is -0.642. The normalized spacial score (nSPS) is 29.8. The highest BCUT2D eigenvalue weighted by Gasteiger charge is 2.43. The van der Waals surface area contributed by atoms with Gasteiger partial charge in [0.25, 0.3) is 0 Å². The number of aliphatic hydroxyl groups is 2. The lowest BCUT2D eigenvalue weighted by molar-refractivity contribution is -0.162. The van der Waals surface area contributed by atoms with Crippen LogP contribution in [0.2, 0.25) is 0 Å². The van der Waals surface area contributed by atoms with Crippen molar-refractivity contribution in [3.8, 4) is 0 Å². The van der Waals surface area contributed by atoms with Crippen molar-refractivity contribution < 1.29 is 29.3 Å². The second kappa shape index (κ2) is 5.13. The molecule has 0 radical (unpaired) electrons. The monoisotopic (exact) mass is 233 g/mol. The van der Waals surface area contributed by atoms with Gasteiger partial charge in [-0.1, -0.05) is 0 Å². The van der Waals surface area contributed by atoms with Gasteiger partial charge in [-0.3, -0.25) is 4.90 Å². The Morgan fingerprint density at radius 3 is 2.31 bits per heavy atom. The van der Waals surface area contributed by atoms with E-state index < -0.39 is 30.4 Å². The molecule has 1 rings (SSSR count). The molecule has 7 heteroatoms. The minimum absolute atomic E-state index is 0.217. The number of amides is 1. The smallest absolute Gasteiger partial charge is 0.412 e. The molecular weight excluding hydrogens is 218 g/mol. The highest BCUT2D eigenvalue weighted by atomic mass is 16.6. The second-order valence-electron chi connectivity index (χ2n) is 3.47. The quantitative estimate of drug-likeness (QED) is 0.568. The van der Waals surface area contributed by atoms with Crippen LogP contribution < -0.4 is 0 Å². The topological polar surface area (TPSA) is 96.3 Å². The van der Waals surface area contributed by atoms with E-state index in [4.69, 9.17) is 0 Å². The molecule has 0 aromatic rings. The van der Waals surface area contributed by atoms with Gasteiger partial charge in [-0.25, -0.2) is 9.59 Å². The van der Waals surface area contributed by atoms with Crippen LogP contribution in [-0.4, -0.2) is 59.8 Å². The number of methoxy groups -OCH3 is 2. The van der Waals surface area contributed by atoms with Crippen LogP contribution in [-0.2, 0) is 14.3 Å². The Morgan fingerprint density at radius 1 is 1.19 bits per heavy atom. The SMILES string of the molecule is COC(=O)[C@@H]1CCC(O)C(O)N1C(=O)OC. The second-order valence-corrected chi connectivity index (χ2v) is 3.47. The van der Waals surface area contributed by atoms with E-state index in [0.717, 1.165) is 12.0 Å². The van der Waals surface area contributed by atoms with E-state index in [-0.39, 0.29) is 12.8 Å². The van der Waals surface area contributed by atoms with Crippen molar-refractivity contribution in [3.05, 3.63) is 0 Å². The average Bonchev–Trinajstić information content (AvgIpc) is 2.30. The number of hydrogen-bond donors (Lipinski definition) is 2. The summed E-state index contributed by atoms with van der Waals surface area (Å²) in [6, 6.07) is -0.921. The number of ether oxygens (including phenoxy) is 2. The molecule has 1 aliphatic heterocycles. The van der Waals surface area contributed by atoms with Crippen molar-refractivity contribution in [1.82, 2.24) is 4.90 Å². The molecule has 2 unspecified atom stereocenters. The fourth-order valence-electron chi connectivity index (χ4n) is 1.69. The number of hydrogen-bond acceptors (Lipinski definition) is 6. The van der Waals surface area contributed by atoms with Gasteiger partial charge in [-0.2, -0.15) is 0 Å². The predicted octanol–water partition coefficient (Wildman–Crippen LogP) is -0.931. The first-order valence-corrected chi connectivity index (χ1v) is 4.83. The molecule has 0 aromatic heterocycles. The van der Waals surface area contributed by atoms with E-state index in [1.54, 1.807) is 0 Å². The molecule has 7 nitrogen and oxygen atoms in total. The summed E-state index contributed by atoms with van der Waals surface area (Å²) >= 11 is 0. The molecule has 1 fully saturated rings. The fraction of sp³-hybridized carbons (Fsp3) is 0.778. The Balaban J connectivity index is 2.89. The van der Waals surface area contributed by atoms with Gasteiger partial charge >= 0.3 is 12.1 Å². The van der Waals surface area contributed by atoms with Crippen LogP contribution >= 0.6 is 0 Å². The van der Waals surface area contributed by atoms with Crippen LogP contribution in [0.25, 0.3) is 0 Å². The standard InChI is InChI=1S/C9H15NO6/c1-15-8(13)5-3-4-6(11)7(12)10(5)9(14)16-2/h5-7,11-12H,3-4H2,1-2H3/t5-,6?,7?/m0/s1. The zero-order chi connectivity index (χ0) is 12.3. The number of esters is 1. The molecule has 0 bridgehead atoms. The first kappa shape index (κ1) is 12.7. The van der Waals surface area contributed by atoms with E-state index in [9.17, 15) is 19.8 Å². The number of likely N-dealkylation sites (tertiary alicyclic amines) is 1. The van der Waals surface area contributed by atoms with Crippen molar-refractivity contribution in [2.45, 2.75) is 31.2 Å². The van der Waals surface area contributed by atoms with Gasteiger partial charge in [0.1, 0.15) is 6.04 Å². The maximum Gasteiger partial charge on any atom is 0.412 e. The molecule has 0 spiro atoms. The molecule has 1 heterocycles. The average molecular weight is 233 g/mol. The van der Waals surface area contributed by atoms with Gasteiger partial charge in [0, 0.05) is 0 Å². The highest BCUT2D eigenvalue weighted by molar-refractivity contribution is 5.81. The summed E-state index contributed by atoms with van der Waals surface area (Å²) in [5.41, 5.74) is 0. The molecule has 1 amide bonds. The zero-order valence-corrected chi connectivity index (χ0v) is 9.12. The lowest BCUT2D eigenvalue weighted by Gasteiger charge is -2.39. The first-order chi connectivity index (χ1) is 7.52. The van der Waals surface area contributed by atoms with Crippen molar-refractivity contribution in [2.24, 2.45) is 0 Å². The molecule has 1 saturated heterocycles. The Hall–Kier alpha value is -1.34. The van der Waals surface area contributed by atoms with E-state index in [1.807, 2.05) is 0 Å². The minimum atomic E-state index is -1.45. The van der Waals surface area contributed by atoms with Crippen LogP contribution in [0, 0.1) is 0 Å². The third kappa shape index (κ3) is 2.25. The number of carbonyl (C=O) groups is 2. The number of carbonyl (C=O) groups excluding carboxylic acids is 2. The summed E-state index contributed by atoms with van der Waals surface area (Å²) in [7, 11) is 2.32. The Kier molecular flexibility index (Phi) is 4.08. The van der Waals surface area contributed by atoms with Crippen LogP contribution in [0.15, 0.2) is 0 Å². The minimum Gasteiger partial charge on any atom is -0.467 e. The summed E-state index contributed by atoms with van der Waals surface area (Å²) in [6.45, 7) is 0. The molecule has 0 aliphatic carbocycles. The van der Waals surface area contributed by atoms with Crippen molar-refractivity contribution >= 4 is 12.1 Å². The Labute approximate surface area is 92.6 Å². The van der Waals surface area contributed by atoms with E-state index >= 15 is 0 Å². The van der Waals surface area contributed by atoms with Gasteiger partial charge in [0.05, 0.1) is 20.3 Å². The van der Waals surface area contributed by atoms with E-state index in [2.05, 4.69) is 9.47 Å². The van der Waals surface area contributed by atoms with Crippen LogP contribution in [0.5, 0.6) is 0 Å². The van der Waals surface area contributed by atoms with Crippen molar-refractivity contribution in [1.29, 1.82) is 0 Å². The molecule has 0 saturated carbocycles. The van der Waals surface area contributed by atoms with Crippen LogP contribution in [0.1, 0.15) is 12.8 Å². The molecule has 3 atom stereocenters. The third-order valence-electron chi connectivity index (χ3n) is 2.56. The number of nitrogens with zero attached hydrogens (tertiary/aromatic N) is 1. The molecular formula is C9H15NO6. The molecule has 92 valence electrons. The van der Waals surface area contributed by atoms with E-state index in [1.165, 1.54) is 7.11 Å². The number of rotatable bonds is 1. The summed E-state index contributed by atoms with van der Waals surface area (Å²) in [5, 5.41) is 19.0. The Bertz CT molecular complexity index is 281. The van der Waals surface area contributed by atoms with E-state index in [0.29, 0.717) is 0 Å². The van der Waals surface area contributed by atoms with Gasteiger partial charge in [-0.05, 0) is 12.8 Å². The maximum atomic E-state index is 11.4. The van der Waals surface area contributed by atoms with Crippen LogP contribution in [0.3, 0.4) is 0 Å². The first-order valence-electron chi connectivity index (χ1n) is 4.83. The molecule has 2 N–H and O–H groups in total. The fourth-order valence-corrected chi connectivity index (χ4v) is 1.69. The number of piperidine rings is 1. The van der Waals surface area contributed by atoms with Gasteiger partial charge in [0.2, 0.25) is 0 Å². The highest BCUT2D eigenvalue weighted by Crippen LogP contribution is 2.23. The largest absolute Gasteiger partial charge is 0.467 e. The molecule has 0 aromatic carbocycles.